The molecule has 0 amide bonds. The minimum absolute atomic E-state index is 0.861. The second kappa shape index (κ2) is 14.0. The summed E-state index contributed by atoms with van der Waals surface area (Å²) in [6, 6.07) is 50.0. The fourth-order valence-electron chi connectivity index (χ4n) is 6.69. The molecule has 50 heavy (non-hydrogen) atoms. The number of benzene rings is 4. The van der Waals surface area contributed by atoms with Crippen LogP contribution in [0.4, 0.5) is 0 Å². The van der Waals surface area contributed by atoms with Gasteiger partial charge in [-0.05, 0) is 68.8 Å². The van der Waals surface area contributed by atoms with E-state index in [1.54, 1.807) is 0 Å². The Kier molecular flexibility index (Phi) is 8.84. The molecule has 0 N–H and O–H groups in total. The number of hydrogen-bond acceptors (Lipinski definition) is 2. The zero-order valence-corrected chi connectivity index (χ0v) is 28.5. The summed E-state index contributed by atoms with van der Waals surface area (Å²) in [5.74, 6) is 0. The summed E-state index contributed by atoms with van der Waals surface area (Å²) in [5.41, 5.74) is 15.0. The van der Waals surface area contributed by atoms with Crippen molar-refractivity contribution in [1.29, 1.82) is 0 Å². The Morgan fingerprint density at radius 2 is 0.540 bits per heavy atom. The first-order valence-electron chi connectivity index (χ1n) is 16.2. The molecule has 0 aliphatic carbocycles. The number of rotatable bonds is 4. The Bertz CT molecular complexity index is 2190. The van der Waals surface area contributed by atoms with Crippen LogP contribution in [0.2, 0.25) is 0 Å². The van der Waals surface area contributed by atoms with Gasteiger partial charge in [0, 0.05) is 0 Å². The van der Waals surface area contributed by atoms with Gasteiger partial charge in [-0.15, -0.1) is 22.1 Å². The van der Waals surface area contributed by atoms with E-state index in [9.17, 15) is 0 Å². The van der Waals surface area contributed by atoms with Crippen molar-refractivity contribution >= 4 is 56.5 Å². The summed E-state index contributed by atoms with van der Waals surface area (Å²) in [4.78, 5) is 21.2. The monoisotopic (exact) mass is 706 g/mol. The Balaban J connectivity index is 0.00000177. The van der Waals surface area contributed by atoms with Crippen molar-refractivity contribution < 1.29 is 14.8 Å². The average molecular weight is 707 g/mol. The molecule has 0 atom stereocenters. The number of aromatic nitrogens is 4. The van der Waals surface area contributed by atoms with E-state index in [0.29, 0.717) is 0 Å². The van der Waals surface area contributed by atoms with Crippen LogP contribution in [0.25, 0.3) is 90.9 Å². The van der Waals surface area contributed by atoms with Crippen LogP contribution in [0.15, 0.2) is 146 Å². The van der Waals surface area contributed by atoms with E-state index in [1.165, 1.54) is 0 Å². The van der Waals surface area contributed by atoms with Gasteiger partial charge >= 0.3 is 25.0 Å². The molecule has 8 bridgehead atoms. The second-order valence-electron chi connectivity index (χ2n) is 11.8. The third-order valence-electron chi connectivity index (χ3n) is 8.86. The van der Waals surface area contributed by atoms with Gasteiger partial charge in [0.2, 0.25) is 0 Å². The van der Waals surface area contributed by atoms with Crippen LogP contribution in [0.1, 0.15) is 22.8 Å². The van der Waals surface area contributed by atoms with Gasteiger partial charge < -0.3 is 9.97 Å². The first kappa shape index (κ1) is 31.5. The third kappa shape index (κ3) is 5.92. The summed E-state index contributed by atoms with van der Waals surface area (Å²) in [7, 11) is 4.33. The molecule has 0 unspecified atom stereocenters. The predicted molar refractivity (Wildman–Crippen MR) is 204 cm³/mol. The van der Waals surface area contributed by atoms with Crippen molar-refractivity contribution in [1.82, 2.24) is 19.9 Å². The molecular weight excluding hydrogens is 679 g/mol. The van der Waals surface area contributed by atoms with Gasteiger partial charge in [0.05, 0.1) is 22.8 Å². The Hall–Kier alpha value is -5.72. The van der Waals surface area contributed by atoms with E-state index in [2.05, 4.69) is 171 Å². The van der Waals surface area contributed by atoms with E-state index in [4.69, 9.17) is 19.9 Å². The molecule has 7 aromatic rings. The van der Waals surface area contributed by atoms with E-state index < -0.39 is 0 Å². The molecule has 9 rings (SSSR count). The van der Waals surface area contributed by atoms with Crippen LogP contribution in [-0.4, -0.2) is 9.97 Å². The number of halogens is 1. The van der Waals surface area contributed by atoms with Gasteiger partial charge in [-0.25, -0.2) is 9.97 Å². The topological polar surface area (TPSA) is 54.0 Å². The van der Waals surface area contributed by atoms with E-state index in [1.807, 2.05) is 24.3 Å². The SMILES string of the molecule is C1=Cc2nc1c(-c1ccccc1)c1ccc([n-]1)c(-c1ccccc1)c1nc(c(-c3ccccc3)c3ccc([n-]3)c2-c2ccccc2)C=C1.[Cl][Co+2]. The summed E-state index contributed by atoms with van der Waals surface area (Å²) < 4.78 is 0. The molecule has 0 spiro atoms. The Labute approximate surface area is 302 Å². The average Bonchev–Trinajstić information content (AvgIpc) is 4.02. The second-order valence-corrected chi connectivity index (χ2v) is 11.8. The fourth-order valence-corrected chi connectivity index (χ4v) is 6.69. The van der Waals surface area contributed by atoms with E-state index in [0.717, 1.165) is 89.4 Å². The maximum absolute atomic E-state index is 5.31. The normalized spacial score (nSPS) is 11.6. The quantitative estimate of drug-likeness (QED) is 0.183. The van der Waals surface area contributed by atoms with Crippen molar-refractivity contribution in [3.05, 3.63) is 168 Å². The summed E-state index contributed by atoms with van der Waals surface area (Å²) in [5, 5.41) is 0. The summed E-state index contributed by atoms with van der Waals surface area (Å²) in [6.45, 7) is 0. The van der Waals surface area contributed by atoms with E-state index >= 15 is 0 Å². The van der Waals surface area contributed by atoms with Gasteiger partial charge in [0.1, 0.15) is 0 Å². The van der Waals surface area contributed by atoms with Gasteiger partial charge in [-0.2, -0.15) is 0 Å². The van der Waals surface area contributed by atoms with Crippen molar-refractivity contribution in [3.63, 3.8) is 0 Å². The van der Waals surface area contributed by atoms with Gasteiger partial charge in [0.15, 0.2) is 0 Å². The molecule has 3 aromatic heterocycles. The van der Waals surface area contributed by atoms with Gasteiger partial charge in [0.25, 0.3) is 0 Å². The maximum atomic E-state index is 5.31. The fraction of sp³-hybridized carbons (Fsp3) is 0. The number of fused-ring (bicyclic) bond motifs is 8. The Morgan fingerprint density at radius 3 is 0.760 bits per heavy atom. The number of hydrogen-bond donors (Lipinski definition) is 0. The van der Waals surface area contributed by atoms with Crippen molar-refractivity contribution in [2.75, 3.05) is 0 Å². The molecule has 240 valence electrons. The van der Waals surface area contributed by atoms with Crippen LogP contribution in [0, 0.1) is 0 Å². The van der Waals surface area contributed by atoms with E-state index in [-0.39, 0.29) is 0 Å². The molecule has 2 aliphatic rings. The zero-order chi connectivity index (χ0) is 33.9. The minimum atomic E-state index is 0.861. The molecule has 0 radical (unpaired) electrons. The molecule has 0 fully saturated rings. The summed E-state index contributed by atoms with van der Waals surface area (Å²) >= 11 is 3.03. The molecular formula is C44H28ClCoN4. The zero-order valence-electron chi connectivity index (χ0n) is 26.7. The predicted octanol–water partition coefficient (Wildman–Crippen LogP) is 11.3. The van der Waals surface area contributed by atoms with Crippen molar-refractivity contribution in [2.24, 2.45) is 0 Å². The summed E-state index contributed by atoms with van der Waals surface area (Å²) in [6.07, 6.45) is 8.41. The number of nitrogens with zero attached hydrogens (tertiary/aromatic N) is 4. The molecule has 0 saturated carbocycles. The van der Waals surface area contributed by atoms with Crippen LogP contribution in [0.5, 0.6) is 0 Å². The molecule has 6 heteroatoms. The Morgan fingerprint density at radius 1 is 0.320 bits per heavy atom. The molecule has 4 aromatic carbocycles. The van der Waals surface area contributed by atoms with Crippen LogP contribution in [-0.2, 0) is 14.8 Å². The molecule has 5 heterocycles. The molecule has 0 saturated heterocycles. The molecule has 4 nitrogen and oxygen atoms in total. The van der Waals surface area contributed by atoms with Gasteiger partial charge in [-0.3, -0.25) is 0 Å². The van der Waals surface area contributed by atoms with Crippen LogP contribution < -0.4 is 9.97 Å². The first-order valence-corrected chi connectivity index (χ1v) is 17.6. The van der Waals surface area contributed by atoms with Crippen molar-refractivity contribution in [2.45, 2.75) is 0 Å². The molecule has 2 aliphatic heterocycles. The van der Waals surface area contributed by atoms with Crippen molar-refractivity contribution in [3.8, 4) is 44.5 Å². The third-order valence-corrected chi connectivity index (χ3v) is 8.86. The standard InChI is InChI=1S/C44H28N4.ClH.Co/c1-5-13-29(14-6-1)41-33-21-23-35(45-33)42(30-15-7-2-8-16-30)37-25-27-39(47-37)44(32-19-11-4-12-20-32)40-28-26-38(48-40)43(31-17-9-3-10-18-31)36-24-22-34(41)46-36;;/h1-28H;1H;/q-2;;+3/p-1. The first-order chi connectivity index (χ1) is 24.8. The van der Waals surface area contributed by atoms with Crippen LogP contribution in [0.3, 0.4) is 0 Å². The van der Waals surface area contributed by atoms with Gasteiger partial charge in [-0.1, -0.05) is 146 Å². The van der Waals surface area contributed by atoms with Crippen LogP contribution >= 0.6 is 10.1 Å².